The summed E-state index contributed by atoms with van der Waals surface area (Å²) in [6, 6.07) is 11.0. The van der Waals surface area contributed by atoms with E-state index in [0.29, 0.717) is 16.3 Å². The lowest BCUT2D eigenvalue weighted by atomic mass is 10.1. The van der Waals surface area contributed by atoms with Gasteiger partial charge in [-0.05, 0) is 49.2 Å². The van der Waals surface area contributed by atoms with Gasteiger partial charge in [0.2, 0.25) is 0 Å². The maximum atomic E-state index is 8.65. The lowest BCUT2D eigenvalue weighted by molar-refractivity contribution is 0.318. The molecule has 104 valence electrons. The second kappa shape index (κ2) is 5.84. The van der Waals surface area contributed by atoms with Gasteiger partial charge in [0.15, 0.2) is 5.84 Å². The number of ether oxygens (including phenoxy) is 1. The van der Waals surface area contributed by atoms with Gasteiger partial charge in [-0.2, -0.15) is 0 Å². The van der Waals surface area contributed by atoms with Crippen LogP contribution in [0.3, 0.4) is 0 Å². The third-order valence-corrected chi connectivity index (χ3v) is 3.07. The maximum Gasteiger partial charge on any atom is 0.171 e. The molecule has 5 heteroatoms. The van der Waals surface area contributed by atoms with E-state index in [4.69, 9.17) is 27.3 Å². The van der Waals surface area contributed by atoms with Crippen molar-refractivity contribution in [2.45, 2.75) is 13.8 Å². The van der Waals surface area contributed by atoms with Gasteiger partial charge in [0.25, 0.3) is 0 Å². The largest absolute Gasteiger partial charge is 0.457 e. The molecule has 0 aliphatic heterocycles. The third kappa shape index (κ3) is 3.22. The summed E-state index contributed by atoms with van der Waals surface area (Å²) in [5.41, 5.74) is 8.22. The lowest BCUT2D eigenvalue weighted by Gasteiger charge is -2.09. The van der Waals surface area contributed by atoms with Gasteiger partial charge < -0.3 is 15.7 Å². The van der Waals surface area contributed by atoms with Crippen LogP contribution in [0.2, 0.25) is 5.02 Å². The van der Waals surface area contributed by atoms with Crippen molar-refractivity contribution in [2.24, 2.45) is 10.9 Å². The predicted molar refractivity (Wildman–Crippen MR) is 80.0 cm³/mol. The molecule has 4 nitrogen and oxygen atoms in total. The Morgan fingerprint density at radius 3 is 2.30 bits per heavy atom. The second-order valence-corrected chi connectivity index (χ2v) is 4.96. The molecule has 0 heterocycles. The quantitative estimate of drug-likeness (QED) is 0.390. The highest BCUT2D eigenvalue weighted by atomic mass is 35.5. The van der Waals surface area contributed by atoms with E-state index in [1.165, 1.54) is 0 Å². The van der Waals surface area contributed by atoms with Crippen LogP contribution in [0, 0.1) is 13.8 Å². The van der Waals surface area contributed by atoms with Gasteiger partial charge in [0.05, 0.1) is 5.02 Å². The molecule has 0 saturated heterocycles. The van der Waals surface area contributed by atoms with Crippen LogP contribution in [0.15, 0.2) is 41.6 Å². The molecule has 0 aliphatic carbocycles. The highest BCUT2D eigenvalue weighted by Gasteiger charge is 2.08. The topological polar surface area (TPSA) is 67.8 Å². The highest BCUT2D eigenvalue weighted by molar-refractivity contribution is 6.34. The number of hydrogen-bond acceptors (Lipinski definition) is 3. The average Bonchev–Trinajstić information content (AvgIpc) is 2.36. The van der Waals surface area contributed by atoms with Crippen LogP contribution < -0.4 is 10.5 Å². The molecule has 0 spiro atoms. The van der Waals surface area contributed by atoms with Gasteiger partial charge in [-0.25, -0.2) is 0 Å². The minimum Gasteiger partial charge on any atom is -0.457 e. The number of nitrogens with two attached hydrogens (primary N) is 1. The molecule has 0 atom stereocenters. The highest BCUT2D eigenvalue weighted by Crippen LogP contribution is 2.28. The van der Waals surface area contributed by atoms with Crippen LogP contribution in [-0.2, 0) is 0 Å². The predicted octanol–water partition coefficient (Wildman–Crippen LogP) is 3.84. The smallest absolute Gasteiger partial charge is 0.171 e. The number of hydrogen-bond donors (Lipinski definition) is 2. The van der Waals surface area contributed by atoms with E-state index in [2.05, 4.69) is 11.2 Å². The molecule has 0 bridgehead atoms. The molecule has 0 radical (unpaired) electrons. The summed E-state index contributed by atoms with van der Waals surface area (Å²) in [6.07, 6.45) is 0. The van der Waals surface area contributed by atoms with Crippen LogP contribution in [0.25, 0.3) is 0 Å². The first kappa shape index (κ1) is 14.2. The number of halogens is 1. The Balaban J connectivity index is 2.28. The fraction of sp³-hybridized carbons (Fsp3) is 0.133. The summed E-state index contributed by atoms with van der Waals surface area (Å²) in [6.45, 7) is 4.02. The molecule has 0 fully saturated rings. The lowest BCUT2D eigenvalue weighted by Crippen LogP contribution is -2.13. The van der Waals surface area contributed by atoms with Crippen molar-refractivity contribution in [1.29, 1.82) is 0 Å². The number of oxime groups is 1. The Morgan fingerprint density at radius 1 is 1.10 bits per heavy atom. The summed E-state index contributed by atoms with van der Waals surface area (Å²) in [5, 5.41) is 11.9. The van der Waals surface area contributed by atoms with E-state index >= 15 is 0 Å². The molecule has 0 amide bonds. The second-order valence-electron chi connectivity index (χ2n) is 4.55. The molecule has 2 aromatic rings. The van der Waals surface area contributed by atoms with Gasteiger partial charge in [-0.1, -0.05) is 22.8 Å². The van der Waals surface area contributed by atoms with E-state index in [9.17, 15) is 0 Å². The summed E-state index contributed by atoms with van der Waals surface area (Å²) in [4.78, 5) is 0. The summed E-state index contributed by atoms with van der Waals surface area (Å²) in [7, 11) is 0. The van der Waals surface area contributed by atoms with Gasteiger partial charge in [-0.3, -0.25) is 0 Å². The maximum absolute atomic E-state index is 8.65. The minimum absolute atomic E-state index is 0.0343. The molecular weight excluding hydrogens is 276 g/mol. The van der Waals surface area contributed by atoms with Crippen molar-refractivity contribution in [1.82, 2.24) is 0 Å². The van der Waals surface area contributed by atoms with Crippen molar-refractivity contribution in [3.63, 3.8) is 0 Å². The van der Waals surface area contributed by atoms with Crippen LogP contribution in [-0.4, -0.2) is 11.0 Å². The summed E-state index contributed by atoms with van der Waals surface area (Å²) >= 11 is 6.08. The average molecular weight is 291 g/mol. The van der Waals surface area contributed by atoms with E-state index in [1.807, 2.05) is 26.0 Å². The van der Waals surface area contributed by atoms with Crippen LogP contribution >= 0.6 is 11.6 Å². The standard InChI is InChI=1S/C15H15ClN2O2/c1-9-5-10(2)7-12(6-9)20-11-3-4-13(14(16)8-11)15(17)18-19/h3-8,19H,1-2H3,(H2,17,18). The van der Waals surface area contributed by atoms with Crippen molar-refractivity contribution < 1.29 is 9.94 Å². The zero-order chi connectivity index (χ0) is 14.7. The van der Waals surface area contributed by atoms with Crippen molar-refractivity contribution >= 4 is 17.4 Å². The summed E-state index contributed by atoms with van der Waals surface area (Å²) < 4.78 is 5.76. The SMILES string of the molecule is Cc1cc(C)cc(Oc2ccc(C(N)=NO)c(Cl)c2)c1. The number of amidine groups is 1. The van der Waals surface area contributed by atoms with Gasteiger partial charge in [0.1, 0.15) is 11.5 Å². The molecule has 0 unspecified atom stereocenters. The zero-order valence-corrected chi connectivity index (χ0v) is 12.0. The molecular formula is C15H15ClN2O2. The zero-order valence-electron chi connectivity index (χ0n) is 11.2. The number of rotatable bonds is 3. The van der Waals surface area contributed by atoms with Gasteiger partial charge in [-0.15, -0.1) is 0 Å². The van der Waals surface area contributed by atoms with E-state index < -0.39 is 0 Å². The fourth-order valence-electron chi connectivity index (χ4n) is 1.95. The van der Waals surface area contributed by atoms with E-state index in [1.54, 1.807) is 18.2 Å². The normalized spacial score (nSPS) is 11.4. The van der Waals surface area contributed by atoms with Gasteiger partial charge >= 0.3 is 0 Å². The Labute approximate surface area is 122 Å². The van der Waals surface area contributed by atoms with Crippen molar-refractivity contribution in [3.8, 4) is 11.5 Å². The molecule has 0 aliphatic rings. The van der Waals surface area contributed by atoms with Gasteiger partial charge in [0, 0.05) is 11.6 Å². The molecule has 3 N–H and O–H groups in total. The van der Waals surface area contributed by atoms with Crippen LogP contribution in [0.4, 0.5) is 0 Å². The Bertz CT molecular complexity index is 649. The Kier molecular flexibility index (Phi) is 4.15. The van der Waals surface area contributed by atoms with Crippen molar-refractivity contribution in [3.05, 3.63) is 58.1 Å². The number of benzene rings is 2. The first-order valence-electron chi connectivity index (χ1n) is 6.03. The molecule has 20 heavy (non-hydrogen) atoms. The molecule has 2 aromatic carbocycles. The molecule has 0 saturated carbocycles. The van der Waals surface area contributed by atoms with Crippen LogP contribution in [0.1, 0.15) is 16.7 Å². The Morgan fingerprint density at radius 2 is 1.75 bits per heavy atom. The first-order valence-corrected chi connectivity index (χ1v) is 6.41. The van der Waals surface area contributed by atoms with Crippen molar-refractivity contribution in [2.75, 3.05) is 0 Å². The van der Waals surface area contributed by atoms with E-state index in [-0.39, 0.29) is 5.84 Å². The molecule has 2 rings (SSSR count). The fourth-order valence-corrected chi connectivity index (χ4v) is 2.22. The monoisotopic (exact) mass is 290 g/mol. The van der Waals surface area contributed by atoms with Crippen LogP contribution in [0.5, 0.6) is 11.5 Å². The minimum atomic E-state index is -0.0343. The number of aryl methyl sites for hydroxylation is 2. The first-order chi connectivity index (χ1) is 9.49. The molecule has 0 aromatic heterocycles. The number of nitrogens with zero attached hydrogens (tertiary/aromatic N) is 1. The summed E-state index contributed by atoms with van der Waals surface area (Å²) in [5.74, 6) is 1.30. The third-order valence-electron chi connectivity index (χ3n) is 2.76. The van der Waals surface area contributed by atoms with E-state index in [0.717, 1.165) is 16.9 Å². The Hall–Kier alpha value is -2.20.